The van der Waals surface area contributed by atoms with Gasteiger partial charge in [-0.3, -0.25) is 4.79 Å². The number of amidine groups is 1. The lowest BCUT2D eigenvalue weighted by atomic mass is 10.1. The number of rotatable bonds is 4. The molecule has 0 heterocycles. The largest absolute Gasteiger partial charge is 0.387 e. The molecule has 0 aliphatic heterocycles. The van der Waals surface area contributed by atoms with Crippen molar-refractivity contribution >= 4 is 17.3 Å². The number of carbonyl (C=O) groups is 1. The lowest BCUT2D eigenvalue weighted by molar-refractivity contribution is 0.0996. The first-order valence-corrected chi connectivity index (χ1v) is 6.03. The zero-order chi connectivity index (χ0) is 15.4. The van der Waals surface area contributed by atoms with Crippen LogP contribution >= 0.6 is 0 Å². The predicted molar refractivity (Wildman–Crippen MR) is 73.0 cm³/mol. The Balaban J connectivity index is 2.17. The number of nitrogens with two attached hydrogens (primary N) is 1. The second kappa shape index (κ2) is 6.21. The number of para-hydroxylation sites is 1. The number of nitrogens with zero attached hydrogens (tertiary/aromatic N) is 1. The Labute approximate surface area is 118 Å². The minimum atomic E-state index is -0.973. The van der Waals surface area contributed by atoms with Crippen LogP contribution in [0.25, 0.3) is 0 Å². The molecule has 108 valence electrons. The zero-order valence-corrected chi connectivity index (χ0v) is 10.8. The molecule has 0 bridgehead atoms. The van der Waals surface area contributed by atoms with Crippen LogP contribution in [-0.4, -0.2) is 11.6 Å². The number of halogens is 3. The number of ketones is 1. The summed E-state index contributed by atoms with van der Waals surface area (Å²) in [6.45, 7) is 0. The molecule has 2 N–H and O–H groups in total. The van der Waals surface area contributed by atoms with Gasteiger partial charge in [0.1, 0.15) is 29.0 Å². The summed E-state index contributed by atoms with van der Waals surface area (Å²) in [5.74, 6) is -3.16. The van der Waals surface area contributed by atoms with Gasteiger partial charge in [0.05, 0.1) is 12.0 Å². The van der Waals surface area contributed by atoms with Crippen molar-refractivity contribution in [2.45, 2.75) is 6.42 Å². The molecule has 2 rings (SSSR count). The van der Waals surface area contributed by atoms with Crippen LogP contribution < -0.4 is 5.73 Å². The van der Waals surface area contributed by atoms with E-state index < -0.39 is 29.7 Å². The van der Waals surface area contributed by atoms with Crippen molar-refractivity contribution in [1.82, 2.24) is 0 Å². The van der Waals surface area contributed by atoms with Crippen molar-refractivity contribution in [2.24, 2.45) is 10.7 Å². The van der Waals surface area contributed by atoms with E-state index in [0.717, 1.165) is 12.1 Å². The van der Waals surface area contributed by atoms with Gasteiger partial charge in [0, 0.05) is 6.07 Å². The topological polar surface area (TPSA) is 55.5 Å². The summed E-state index contributed by atoms with van der Waals surface area (Å²) in [5.41, 5.74) is 5.26. The number of hydrogen-bond acceptors (Lipinski definition) is 2. The molecule has 0 radical (unpaired) electrons. The van der Waals surface area contributed by atoms with Gasteiger partial charge >= 0.3 is 0 Å². The number of benzene rings is 2. The summed E-state index contributed by atoms with van der Waals surface area (Å²) >= 11 is 0. The predicted octanol–water partition coefficient (Wildman–Crippen LogP) is 3.37. The third kappa shape index (κ3) is 3.68. The second-order valence-electron chi connectivity index (χ2n) is 4.28. The van der Waals surface area contributed by atoms with Crippen LogP contribution in [0.2, 0.25) is 0 Å². The van der Waals surface area contributed by atoms with Crippen LogP contribution in [0, 0.1) is 17.5 Å². The first-order valence-electron chi connectivity index (χ1n) is 6.03. The van der Waals surface area contributed by atoms with Crippen molar-refractivity contribution in [3.63, 3.8) is 0 Å². The molecule has 0 aromatic heterocycles. The molecule has 3 nitrogen and oxygen atoms in total. The Morgan fingerprint density at radius 2 is 1.76 bits per heavy atom. The first kappa shape index (κ1) is 14.8. The standard InChI is InChI=1S/C15H11F3N2O/c16-9-5-6-10(12(18)7-9)14(21)8-15(19)20-13-4-2-1-3-11(13)17/h1-7H,8H2,(H2,19,20). The molecule has 0 saturated carbocycles. The Hall–Kier alpha value is -2.63. The summed E-state index contributed by atoms with van der Waals surface area (Å²) in [5, 5.41) is 0. The van der Waals surface area contributed by atoms with E-state index in [1.54, 1.807) is 6.07 Å². The molecule has 0 atom stereocenters. The molecule has 0 spiro atoms. The molecule has 0 saturated heterocycles. The first-order chi connectivity index (χ1) is 9.97. The van der Waals surface area contributed by atoms with Gasteiger partial charge in [-0.25, -0.2) is 18.2 Å². The van der Waals surface area contributed by atoms with Gasteiger partial charge in [-0.05, 0) is 24.3 Å². The van der Waals surface area contributed by atoms with Gasteiger partial charge in [0.15, 0.2) is 5.78 Å². The molecule has 2 aromatic rings. The van der Waals surface area contributed by atoms with Crippen molar-refractivity contribution in [2.75, 3.05) is 0 Å². The third-order valence-electron chi connectivity index (χ3n) is 2.69. The van der Waals surface area contributed by atoms with E-state index in [0.29, 0.717) is 6.07 Å². The highest BCUT2D eigenvalue weighted by molar-refractivity contribution is 6.09. The minimum Gasteiger partial charge on any atom is -0.387 e. The van der Waals surface area contributed by atoms with E-state index in [4.69, 9.17) is 5.73 Å². The molecule has 0 fully saturated rings. The van der Waals surface area contributed by atoms with Crippen molar-refractivity contribution in [1.29, 1.82) is 0 Å². The number of aliphatic imine (C=N–C) groups is 1. The Bertz CT molecular complexity index is 714. The van der Waals surface area contributed by atoms with Crippen molar-refractivity contribution < 1.29 is 18.0 Å². The summed E-state index contributed by atoms with van der Waals surface area (Å²) in [6.07, 6.45) is -0.392. The molecule has 21 heavy (non-hydrogen) atoms. The van der Waals surface area contributed by atoms with Crippen LogP contribution in [0.5, 0.6) is 0 Å². The van der Waals surface area contributed by atoms with Crippen LogP contribution in [0.1, 0.15) is 16.8 Å². The maximum Gasteiger partial charge on any atom is 0.173 e. The SMILES string of the molecule is NC(CC(=O)c1ccc(F)cc1F)=Nc1ccccc1F. The van der Waals surface area contributed by atoms with Gasteiger partial charge in [-0.15, -0.1) is 0 Å². The van der Waals surface area contributed by atoms with Gasteiger partial charge in [-0.2, -0.15) is 0 Å². The van der Waals surface area contributed by atoms with Gasteiger partial charge < -0.3 is 5.73 Å². The van der Waals surface area contributed by atoms with Crippen molar-refractivity contribution in [3.8, 4) is 0 Å². The summed E-state index contributed by atoms with van der Waals surface area (Å²) < 4.78 is 39.6. The van der Waals surface area contributed by atoms with E-state index in [1.807, 2.05) is 0 Å². The lowest BCUT2D eigenvalue weighted by Gasteiger charge is -2.03. The van der Waals surface area contributed by atoms with Gasteiger partial charge in [-0.1, -0.05) is 12.1 Å². The molecule has 0 unspecified atom stereocenters. The van der Waals surface area contributed by atoms with Crippen LogP contribution in [-0.2, 0) is 0 Å². The Morgan fingerprint density at radius 3 is 2.43 bits per heavy atom. The quantitative estimate of drug-likeness (QED) is 0.533. The molecular weight excluding hydrogens is 281 g/mol. The molecule has 0 aliphatic carbocycles. The van der Waals surface area contributed by atoms with Gasteiger partial charge in [0.2, 0.25) is 0 Å². The average molecular weight is 292 g/mol. The molecular formula is C15H11F3N2O. The van der Waals surface area contributed by atoms with E-state index in [-0.39, 0.29) is 17.1 Å². The Morgan fingerprint density at radius 1 is 1.05 bits per heavy atom. The number of Topliss-reactive ketones (excluding diaryl/α,β-unsaturated/α-hetero) is 1. The highest BCUT2D eigenvalue weighted by Gasteiger charge is 2.14. The second-order valence-corrected chi connectivity index (χ2v) is 4.28. The number of carbonyl (C=O) groups excluding carboxylic acids is 1. The summed E-state index contributed by atoms with van der Waals surface area (Å²) in [7, 11) is 0. The minimum absolute atomic E-state index is 0.0117. The van der Waals surface area contributed by atoms with Crippen LogP contribution in [0.4, 0.5) is 18.9 Å². The smallest absolute Gasteiger partial charge is 0.173 e. The molecule has 0 amide bonds. The monoisotopic (exact) mass is 292 g/mol. The van der Waals surface area contributed by atoms with E-state index in [1.165, 1.54) is 18.2 Å². The maximum absolute atomic E-state index is 13.4. The molecule has 0 aliphatic rings. The zero-order valence-electron chi connectivity index (χ0n) is 10.8. The summed E-state index contributed by atoms with van der Waals surface area (Å²) in [6, 6.07) is 8.26. The lowest BCUT2D eigenvalue weighted by Crippen LogP contribution is -2.17. The molecule has 6 heteroatoms. The molecule has 2 aromatic carbocycles. The summed E-state index contributed by atoms with van der Waals surface area (Å²) in [4.78, 5) is 15.6. The Kier molecular flexibility index (Phi) is 4.37. The van der Waals surface area contributed by atoms with Crippen molar-refractivity contribution in [3.05, 3.63) is 65.5 Å². The highest BCUT2D eigenvalue weighted by atomic mass is 19.1. The van der Waals surface area contributed by atoms with Crippen LogP contribution in [0.3, 0.4) is 0 Å². The normalized spacial score (nSPS) is 11.5. The number of hydrogen-bond donors (Lipinski definition) is 1. The fourth-order valence-corrected chi connectivity index (χ4v) is 1.71. The highest BCUT2D eigenvalue weighted by Crippen LogP contribution is 2.17. The fraction of sp³-hybridized carbons (Fsp3) is 0.0667. The van der Waals surface area contributed by atoms with E-state index in [2.05, 4.69) is 4.99 Å². The fourth-order valence-electron chi connectivity index (χ4n) is 1.71. The maximum atomic E-state index is 13.4. The average Bonchev–Trinajstić information content (AvgIpc) is 2.41. The van der Waals surface area contributed by atoms with Gasteiger partial charge in [0.25, 0.3) is 0 Å². The third-order valence-corrected chi connectivity index (χ3v) is 2.69. The van der Waals surface area contributed by atoms with E-state index >= 15 is 0 Å². The van der Waals surface area contributed by atoms with E-state index in [9.17, 15) is 18.0 Å². The van der Waals surface area contributed by atoms with Crippen LogP contribution in [0.15, 0.2) is 47.5 Å².